The minimum absolute atomic E-state index is 0.297. The van der Waals surface area contributed by atoms with E-state index in [0.29, 0.717) is 23.3 Å². The number of hydrogen-bond donors (Lipinski definition) is 2. The van der Waals surface area contributed by atoms with E-state index in [1.165, 1.54) is 0 Å². The van der Waals surface area contributed by atoms with E-state index in [1.54, 1.807) is 25.1 Å². The summed E-state index contributed by atoms with van der Waals surface area (Å²) in [6.07, 6.45) is -0.561. The van der Waals surface area contributed by atoms with Gasteiger partial charge in [-0.15, -0.1) is 10.2 Å². The zero-order valence-electron chi connectivity index (χ0n) is 10.8. The number of amides is 1. The highest BCUT2D eigenvalue weighted by atomic mass is 35.5. The van der Waals surface area contributed by atoms with Gasteiger partial charge in [-0.2, -0.15) is 0 Å². The number of anilines is 3. The molecular weight excluding hydrogens is 280 g/mol. The van der Waals surface area contributed by atoms with E-state index in [2.05, 4.69) is 20.8 Å². The summed E-state index contributed by atoms with van der Waals surface area (Å²) in [6.45, 7) is 2.02. The highest BCUT2D eigenvalue weighted by Crippen LogP contribution is 2.23. The molecule has 0 spiro atoms. The third-order valence-corrected chi connectivity index (χ3v) is 2.64. The number of rotatable bonds is 4. The average Bonchev–Trinajstić information content (AvgIpc) is 2.44. The van der Waals surface area contributed by atoms with Gasteiger partial charge >= 0.3 is 6.09 Å². The molecule has 0 bridgehead atoms. The van der Waals surface area contributed by atoms with Crippen molar-refractivity contribution < 1.29 is 9.53 Å². The molecule has 0 aliphatic heterocycles. The number of halogens is 1. The molecule has 1 heterocycles. The van der Waals surface area contributed by atoms with Crippen LogP contribution in [0.4, 0.5) is 22.1 Å². The van der Waals surface area contributed by atoms with Crippen LogP contribution >= 0.6 is 11.6 Å². The van der Waals surface area contributed by atoms with Crippen LogP contribution < -0.4 is 10.6 Å². The van der Waals surface area contributed by atoms with Gasteiger partial charge in [0.2, 0.25) is 0 Å². The highest BCUT2D eigenvalue weighted by molar-refractivity contribution is 6.33. The van der Waals surface area contributed by atoms with Crippen molar-refractivity contribution in [2.75, 3.05) is 17.2 Å². The summed E-state index contributed by atoms with van der Waals surface area (Å²) in [7, 11) is 0. The fourth-order valence-electron chi connectivity index (χ4n) is 1.44. The molecule has 1 amide bonds. The number of benzene rings is 1. The molecule has 6 nitrogen and oxygen atoms in total. The fraction of sp³-hybridized carbons (Fsp3) is 0.154. The SMILES string of the molecule is CCOC(=O)Nc1ccc(Nc2ccccc2Cl)nn1. The van der Waals surface area contributed by atoms with Crippen LogP contribution in [0.2, 0.25) is 5.02 Å². The number of ether oxygens (including phenoxy) is 1. The van der Waals surface area contributed by atoms with Gasteiger partial charge in [0, 0.05) is 0 Å². The smallest absolute Gasteiger partial charge is 0.412 e. The quantitative estimate of drug-likeness (QED) is 0.902. The Morgan fingerprint density at radius 3 is 2.55 bits per heavy atom. The summed E-state index contributed by atoms with van der Waals surface area (Å²) in [5.41, 5.74) is 0.731. The van der Waals surface area contributed by atoms with Crippen LogP contribution in [-0.2, 0) is 4.74 Å². The number of carbonyl (C=O) groups is 1. The molecule has 104 valence electrons. The van der Waals surface area contributed by atoms with Crippen molar-refractivity contribution in [3.8, 4) is 0 Å². The number of para-hydroxylation sites is 1. The molecule has 1 aromatic heterocycles. The molecule has 0 saturated carbocycles. The highest BCUT2D eigenvalue weighted by Gasteiger charge is 2.05. The zero-order valence-corrected chi connectivity index (χ0v) is 11.5. The minimum Gasteiger partial charge on any atom is -0.450 e. The van der Waals surface area contributed by atoms with Gasteiger partial charge in [-0.3, -0.25) is 5.32 Å². The topological polar surface area (TPSA) is 76.1 Å². The molecule has 0 radical (unpaired) electrons. The second kappa shape index (κ2) is 6.72. The summed E-state index contributed by atoms with van der Waals surface area (Å²) in [5, 5.41) is 13.9. The van der Waals surface area contributed by atoms with Crippen molar-refractivity contribution in [3.05, 3.63) is 41.4 Å². The molecule has 0 atom stereocenters. The standard InChI is InChI=1S/C13H13ClN4O2/c1-2-20-13(19)16-12-8-7-11(17-18-12)15-10-6-4-3-5-9(10)14/h3-8H,2H2,1H3,(H,15,17)(H,16,18,19). The van der Waals surface area contributed by atoms with Crippen LogP contribution in [0.5, 0.6) is 0 Å². The Morgan fingerprint density at radius 1 is 1.20 bits per heavy atom. The minimum atomic E-state index is -0.561. The van der Waals surface area contributed by atoms with Crippen LogP contribution in [0.1, 0.15) is 6.92 Å². The molecule has 0 saturated heterocycles. The van der Waals surface area contributed by atoms with E-state index in [0.717, 1.165) is 5.69 Å². The Morgan fingerprint density at radius 2 is 1.90 bits per heavy atom. The number of nitrogens with zero attached hydrogens (tertiary/aromatic N) is 2. The first-order valence-electron chi connectivity index (χ1n) is 5.98. The summed E-state index contributed by atoms with van der Waals surface area (Å²) in [6, 6.07) is 10.6. The lowest BCUT2D eigenvalue weighted by atomic mass is 10.3. The Hall–Kier alpha value is -2.34. The summed E-state index contributed by atoms with van der Waals surface area (Å²) in [4.78, 5) is 11.2. The second-order valence-corrected chi connectivity index (χ2v) is 4.16. The summed E-state index contributed by atoms with van der Waals surface area (Å²) >= 11 is 6.02. The van der Waals surface area contributed by atoms with Crippen molar-refractivity contribution in [2.45, 2.75) is 6.92 Å². The molecule has 0 fully saturated rings. The van der Waals surface area contributed by atoms with E-state index >= 15 is 0 Å². The number of hydrogen-bond acceptors (Lipinski definition) is 5. The molecule has 0 aliphatic carbocycles. The average molecular weight is 293 g/mol. The molecule has 2 rings (SSSR count). The molecule has 0 aliphatic rings. The molecule has 7 heteroatoms. The predicted molar refractivity (Wildman–Crippen MR) is 77.4 cm³/mol. The van der Waals surface area contributed by atoms with E-state index in [-0.39, 0.29) is 0 Å². The van der Waals surface area contributed by atoms with Crippen LogP contribution in [-0.4, -0.2) is 22.9 Å². The maximum atomic E-state index is 11.2. The van der Waals surface area contributed by atoms with E-state index in [9.17, 15) is 4.79 Å². The lowest BCUT2D eigenvalue weighted by Gasteiger charge is -2.07. The Balaban J connectivity index is 2.02. The van der Waals surface area contributed by atoms with E-state index in [4.69, 9.17) is 16.3 Å². The van der Waals surface area contributed by atoms with Gasteiger partial charge in [-0.05, 0) is 31.2 Å². The molecule has 2 N–H and O–H groups in total. The largest absolute Gasteiger partial charge is 0.450 e. The van der Waals surface area contributed by atoms with Gasteiger partial charge in [0.25, 0.3) is 0 Å². The van der Waals surface area contributed by atoms with Crippen LogP contribution in [0.3, 0.4) is 0 Å². The Bertz CT molecular complexity index is 589. The predicted octanol–water partition coefficient (Wildman–Crippen LogP) is 3.44. The first kappa shape index (κ1) is 14.1. The lowest BCUT2D eigenvalue weighted by Crippen LogP contribution is -2.14. The van der Waals surface area contributed by atoms with Crippen molar-refractivity contribution in [2.24, 2.45) is 0 Å². The van der Waals surface area contributed by atoms with Gasteiger partial charge in [-0.1, -0.05) is 23.7 Å². The van der Waals surface area contributed by atoms with Gasteiger partial charge < -0.3 is 10.1 Å². The maximum Gasteiger partial charge on any atom is 0.412 e. The second-order valence-electron chi connectivity index (χ2n) is 3.75. The number of carbonyl (C=O) groups excluding carboxylic acids is 1. The lowest BCUT2D eigenvalue weighted by molar-refractivity contribution is 0.168. The van der Waals surface area contributed by atoms with Crippen LogP contribution in [0.25, 0.3) is 0 Å². The molecule has 0 unspecified atom stereocenters. The first-order valence-corrected chi connectivity index (χ1v) is 6.36. The molecule has 2 aromatic rings. The molecule has 1 aromatic carbocycles. The Kier molecular flexibility index (Phi) is 4.73. The Labute approximate surface area is 121 Å². The number of nitrogens with one attached hydrogen (secondary N) is 2. The maximum absolute atomic E-state index is 11.2. The third kappa shape index (κ3) is 3.83. The van der Waals surface area contributed by atoms with E-state index < -0.39 is 6.09 Å². The fourth-order valence-corrected chi connectivity index (χ4v) is 1.62. The van der Waals surface area contributed by atoms with Gasteiger partial charge in [0.15, 0.2) is 11.6 Å². The third-order valence-electron chi connectivity index (χ3n) is 2.31. The van der Waals surface area contributed by atoms with Gasteiger partial charge in [-0.25, -0.2) is 4.79 Å². The van der Waals surface area contributed by atoms with Crippen molar-refractivity contribution in [1.29, 1.82) is 0 Å². The van der Waals surface area contributed by atoms with Gasteiger partial charge in [0.1, 0.15) is 0 Å². The molecule has 20 heavy (non-hydrogen) atoms. The van der Waals surface area contributed by atoms with E-state index in [1.807, 2.05) is 18.2 Å². The van der Waals surface area contributed by atoms with Crippen molar-refractivity contribution >= 4 is 35.0 Å². The first-order chi connectivity index (χ1) is 9.69. The molecular formula is C13H13ClN4O2. The zero-order chi connectivity index (χ0) is 14.4. The number of aromatic nitrogens is 2. The van der Waals surface area contributed by atoms with Crippen molar-refractivity contribution in [3.63, 3.8) is 0 Å². The van der Waals surface area contributed by atoms with Crippen LogP contribution in [0, 0.1) is 0 Å². The summed E-state index contributed by atoms with van der Waals surface area (Å²) < 4.78 is 4.74. The van der Waals surface area contributed by atoms with Gasteiger partial charge in [0.05, 0.1) is 17.3 Å². The van der Waals surface area contributed by atoms with Crippen molar-refractivity contribution in [1.82, 2.24) is 10.2 Å². The monoisotopic (exact) mass is 292 g/mol. The van der Waals surface area contributed by atoms with Crippen LogP contribution in [0.15, 0.2) is 36.4 Å². The normalized spacial score (nSPS) is 9.90. The summed E-state index contributed by atoms with van der Waals surface area (Å²) in [5.74, 6) is 0.834.